The first-order chi connectivity index (χ1) is 7.99. The fraction of sp³-hybridized carbons (Fsp3) is 0.556. The predicted molar refractivity (Wildman–Crippen MR) is 60.4 cm³/mol. The van der Waals surface area contributed by atoms with Gasteiger partial charge >= 0.3 is 10.8 Å². The maximum absolute atomic E-state index is 12.9. The maximum Gasteiger partial charge on any atom is 0.357 e. The molecule has 1 unspecified atom stereocenters. The largest absolute Gasteiger partial charge is 0.387 e. The van der Waals surface area contributed by atoms with Crippen molar-refractivity contribution in [1.29, 1.82) is 0 Å². The van der Waals surface area contributed by atoms with Crippen molar-refractivity contribution in [2.75, 3.05) is 0 Å². The summed E-state index contributed by atoms with van der Waals surface area (Å²) in [7, 11) is 0. The number of aliphatic hydroxyl groups excluding tert-OH is 1. The molecule has 1 heterocycles. The summed E-state index contributed by atoms with van der Waals surface area (Å²) in [4.78, 5) is 0.134. The summed E-state index contributed by atoms with van der Waals surface area (Å²) in [6.45, 7) is 0. The quantitative estimate of drug-likeness (QED) is 0.641. The monoisotopic (exact) mass is 326 g/mol. The number of hydrogen-bond acceptors (Lipinski definition) is 3. The number of halogens is 6. The van der Waals surface area contributed by atoms with Gasteiger partial charge in [0, 0.05) is 11.3 Å². The van der Waals surface area contributed by atoms with Gasteiger partial charge < -0.3 is 10.2 Å². The maximum atomic E-state index is 12.9. The lowest BCUT2D eigenvalue weighted by Crippen LogP contribution is -2.56. The first-order valence-corrected chi connectivity index (χ1v) is 6.20. The van der Waals surface area contributed by atoms with Crippen molar-refractivity contribution < 1.29 is 27.8 Å². The van der Waals surface area contributed by atoms with Gasteiger partial charge in [-0.25, -0.2) is 0 Å². The molecular formula is C9H8Cl2F4O2S. The average molecular weight is 327 g/mol. The molecule has 9 heteroatoms. The van der Waals surface area contributed by atoms with Gasteiger partial charge in [0.15, 0.2) is 0 Å². The van der Waals surface area contributed by atoms with Crippen LogP contribution >= 0.6 is 34.5 Å². The van der Waals surface area contributed by atoms with Crippen molar-refractivity contribution in [3.8, 4) is 0 Å². The van der Waals surface area contributed by atoms with Crippen molar-refractivity contribution in [2.45, 2.75) is 28.9 Å². The minimum absolute atomic E-state index is 0.134. The minimum Gasteiger partial charge on any atom is -0.387 e. The van der Waals surface area contributed by atoms with E-state index in [0.717, 1.165) is 11.3 Å². The molecule has 2 nitrogen and oxygen atoms in total. The lowest BCUT2D eigenvalue weighted by molar-refractivity contribution is -0.229. The molecule has 0 saturated heterocycles. The van der Waals surface area contributed by atoms with Crippen molar-refractivity contribution in [2.24, 2.45) is 0 Å². The van der Waals surface area contributed by atoms with Gasteiger partial charge in [0.1, 0.15) is 0 Å². The molecule has 1 rings (SSSR count). The van der Waals surface area contributed by atoms with E-state index >= 15 is 0 Å². The summed E-state index contributed by atoms with van der Waals surface area (Å²) in [5.74, 6) is 0. The lowest BCUT2D eigenvalue weighted by atomic mass is 9.95. The van der Waals surface area contributed by atoms with Gasteiger partial charge in [-0.15, -0.1) is 11.3 Å². The second-order valence-corrected chi connectivity index (χ2v) is 5.52. The molecule has 104 valence electrons. The molecule has 1 atom stereocenters. The van der Waals surface area contributed by atoms with Crippen molar-refractivity contribution in [1.82, 2.24) is 0 Å². The molecule has 0 saturated carbocycles. The minimum atomic E-state index is -4.70. The molecule has 0 aliphatic carbocycles. The van der Waals surface area contributed by atoms with E-state index in [1.165, 1.54) is 17.5 Å². The fourth-order valence-electron chi connectivity index (χ4n) is 1.25. The molecule has 0 aliphatic heterocycles. The highest BCUT2D eigenvalue weighted by molar-refractivity contribution is 7.10. The summed E-state index contributed by atoms with van der Waals surface area (Å²) in [6.07, 6.45) is -3.13. The molecule has 0 amide bonds. The number of rotatable bonds is 5. The predicted octanol–water partition coefficient (Wildman–Crippen LogP) is 3.57. The van der Waals surface area contributed by atoms with E-state index in [4.69, 9.17) is 0 Å². The van der Waals surface area contributed by atoms with Gasteiger partial charge in [-0.2, -0.15) is 17.6 Å². The van der Waals surface area contributed by atoms with Gasteiger partial charge in [0.05, 0.1) is 6.10 Å². The third-order valence-corrected chi connectivity index (χ3v) is 3.90. The molecule has 0 spiro atoms. The summed E-state index contributed by atoms with van der Waals surface area (Å²) in [6, 6.07) is 2.83. The molecule has 1 aromatic heterocycles. The zero-order valence-electron chi connectivity index (χ0n) is 8.59. The van der Waals surface area contributed by atoms with Crippen molar-refractivity contribution in [3.63, 3.8) is 0 Å². The van der Waals surface area contributed by atoms with Gasteiger partial charge in [0.25, 0.3) is 0 Å². The Bertz CT molecular complexity index is 374. The lowest BCUT2D eigenvalue weighted by Gasteiger charge is -2.36. The van der Waals surface area contributed by atoms with Crippen LogP contribution in [-0.4, -0.2) is 26.6 Å². The van der Waals surface area contributed by atoms with Gasteiger partial charge in [0.2, 0.25) is 5.60 Å². The molecule has 0 bridgehead atoms. The zero-order chi connectivity index (χ0) is 14.2. The Hall–Kier alpha value is -0.0800. The topological polar surface area (TPSA) is 40.5 Å². The van der Waals surface area contributed by atoms with Crippen LogP contribution in [0.25, 0.3) is 0 Å². The van der Waals surface area contributed by atoms with Crippen LogP contribution in [0.4, 0.5) is 17.6 Å². The third kappa shape index (κ3) is 3.08. The van der Waals surface area contributed by atoms with Gasteiger partial charge in [-0.3, -0.25) is 0 Å². The van der Waals surface area contributed by atoms with Gasteiger partial charge in [-0.05, 0) is 34.6 Å². The molecule has 1 aromatic rings. The van der Waals surface area contributed by atoms with E-state index in [2.05, 4.69) is 23.2 Å². The Morgan fingerprint density at radius 2 is 1.72 bits per heavy atom. The van der Waals surface area contributed by atoms with Crippen LogP contribution in [0.3, 0.4) is 0 Å². The summed E-state index contributed by atoms with van der Waals surface area (Å²) >= 11 is 9.91. The van der Waals surface area contributed by atoms with E-state index < -0.39 is 28.9 Å². The SMILES string of the molecule is OC(CC(O)(C(F)(F)Cl)C(F)(F)Cl)c1cccs1. The zero-order valence-corrected chi connectivity index (χ0v) is 10.9. The Labute approximate surface area is 114 Å². The number of alkyl halides is 6. The van der Waals surface area contributed by atoms with Crippen LogP contribution < -0.4 is 0 Å². The van der Waals surface area contributed by atoms with Crippen LogP contribution in [0.2, 0.25) is 0 Å². The molecule has 0 aromatic carbocycles. The number of hydrogen-bond donors (Lipinski definition) is 2. The average Bonchev–Trinajstić information content (AvgIpc) is 2.66. The molecular weight excluding hydrogens is 319 g/mol. The van der Waals surface area contributed by atoms with Crippen LogP contribution in [0, 0.1) is 0 Å². The standard InChI is InChI=1S/C9H8Cl2F4O2S/c10-8(12,13)7(17,9(11,14)15)4-5(16)6-2-1-3-18-6/h1-3,5,16-17H,4H2. The highest BCUT2D eigenvalue weighted by Crippen LogP contribution is 2.50. The summed E-state index contributed by atoms with van der Waals surface area (Å²) in [5, 5.41) is 11.0. The highest BCUT2D eigenvalue weighted by Gasteiger charge is 2.67. The van der Waals surface area contributed by atoms with E-state index in [1.54, 1.807) is 0 Å². The van der Waals surface area contributed by atoms with E-state index in [9.17, 15) is 27.8 Å². The van der Waals surface area contributed by atoms with Crippen molar-refractivity contribution in [3.05, 3.63) is 22.4 Å². The highest BCUT2D eigenvalue weighted by atomic mass is 35.5. The van der Waals surface area contributed by atoms with Crippen LogP contribution in [0.1, 0.15) is 17.4 Å². The Morgan fingerprint density at radius 3 is 2.06 bits per heavy atom. The first kappa shape index (κ1) is 16.0. The van der Waals surface area contributed by atoms with Crippen molar-refractivity contribution >= 4 is 34.5 Å². The molecule has 0 fully saturated rings. The Kier molecular flexibility index (Phi) is 4.55. The number of aliphatic hydroxyl groups is 2. The fourth-order valence-corrected chi connectivity index (χ4v) is 2.41. The summed E-state index contributed by atoms with van der Waals surface area (Å²) < 4.78 is 51.6. The Morgan fingerprint density at radius 1 is 1.22 bits per heavy atom. The van der Waals surface area contributed by atoms with E-state index in [1.807, 2.05) is 0 Å². The normalized spacial score (nSPS) is 15.8. The van der Waals surface area contributed by atoms with Crippen LogP contribution in [0.5, 0.6) is 0 Å². The molecule has 0 aliphatic rings. The number of thiophene rings is 1. The Balaban J connectivity index is 3.01. The molecule has 18 heavy (non-hydrogen) atoms. The van der Waals surface area contributed by atoms with Crippen LogP contribution in [-0.2, 0) is 0 Å². The second-order valence-electron chi connectivity index (χ2n) is 3.59. The third-order valence-electron chi connectivity index (χ3n) is 2.30. The van der Waals surface area contributed by atoms with E-state index in [0.29, 0.717) is 0 Å². The van der Waals surface area contributed by atoms with Crippen LogP contribution in [0.15, 0.2) is 17.5 Å². The molecule has 0 radical (unpaired) electrons. The second kappa shape index (κ2) is 5.13. The molecule has 2 N–H and O–H groups in total. The van der Waals surface area contributed by atoms with Gasteiger partial charge in [-0.1, -0.05) is 6.07 Å². The summed E-state index contributed by atoms with van der Waals surface area (Å²) in [5.41, 5.74) is -4.06. The smallest absolute Gasteiger partial charge is 0.357 e. The van der Waals surface area contributed by atoms with E-state index in [-0.39, 0.29) is 4.88 Å². The first-order valence-electron chi connectivity index (χ1n) is 4.56.